The highest BCUT2D eigenvalue weighted by Gasteiger charge is 2.19. The smallest absolute Gasteiger partial charge is 0.317 e. The van der Waals surface area contributed by atoms with Crippen LogP contribution in [0.1, 0.15) is 31.5 Å². The fourth-order valence-electron chi connectivity index (χ4n) is 2.19. The number of nitrogens with one attached hydrogen (secondary N) is 1. The van der Waals surface area contributed by atoms with Gasteiger partial charge in [-0.15, -0.1) is 0 Å². The lowest BCUT2D eigenvalue weighted by Gasteiger charge is -2.20. The molecule has 2 rings (SSSR count). The van der Waals surface area contributed by atoms with Gasteiger partial charge in [0.25, 0.3) is 0 Å². The van der Waals surface area contributed by atoms with Crippen molar-refractivity contribution in [2.24, 2.45) is 7.05 Å². The van der Waals surface area contributed by atoms with E-state index in [9.17, 15) is 4.79 Å². The van der Waals surface area contributed by atoms with Crippen LogP contribution in [0.2, 0.25) is 0 Å². The molecule has 0 bridgehead atoms. The number of hydrogen-bond donors (Lipinski definition) is 1. The SMILES string of the molecule is CN(Cc1nccn1C)C(=O)NC1CCCC1. The fourth-order valence-corrected chi connectivity index (χ4v) is 2.19. The summed E-state index contributed by atoms with van der Waals surface area (Å²) in [5.41, 5.74) is 0. The quantitative estimate of drug-likeness (QED) is 0.864. The van der Waals surface area contributed by atoms with Crippen molar-refractivity contribution >= 4 is 6.03 Å². The average Bonchev–Trinajstić information content (AvgIpc) is 2.91. The maximum Gasteiger partial charge on any atom is 0.317 e. The number of carbonyl (C=O) groups is 1. The van der Waals surface area contributed by atoms with Gasteiger partial charge >= 0.3 is 6.03 Å². The van der Waals surface area contributed by atoms with Crippen LogP contribution in [-0.2, 0) is 13.6 Å². The largest absolute Gasteiger partial charge is 0.337 e. The van der Waals surface area contributed by atoms with Crippen LogP contribution in [0.25, 0.3) is 0 Å². The Morgan fingerprint density at radius 3 is 2.88 bits per heavy atom. The lowest BCUT2D eigenvalue weighted by molar-refractivity contribution is 0.201. The summed E-state index contributed by atoms with van der Waals surface area (Å²) in [4.78, 5) is 17.8. The van der Waals surface area contributed by atoms with Crippen LogP contribution in [-0.4, -0.2) is 33.6 Å². The highest BCUT2D eigenvalue weighted by Crippen LogP contribution is 2.17. The lowest BCUT2D eigenvalue weighted by Crippen LogP contribution is -2.41. The molecular weight excluding hydrogens is 216 g/mol. The van der Waals surface area contributed by atoms with E-state index in [1.54, 1.807) is 18.1 Å². The molecule has 0 atom stereocenters. The van der Waals surface area contributed by atoms with Gasteiger partial charge in [0.2, 0.25) is 0 Å². The second kappa shape index (κ2) is 5.21. The van der Waals surface area contributed by atoms with E-state index in [0.717, 1.165) is 18.7 Å². The molecule has 1 saturated carbocycles. The minimum absolute atomic E-state index is 0.0000926. The zero-order valence-electron chi connectivity index (χ0n) is 10.5. The Morgan fingerprint density at radius 1 is 1.59 bits per heavy atom. The van der Waals surface area contributed by atoms with Crippen LogP contribution in [0.5, 0.6) is 0 Å². The van der Waals surface area contributed by atoms with Gasteiger partial charge in [0.15, 0.2) is 0 Å². The minimum Gasteiger partial charge on any atom is -0.337 e. The summed E-state index contributed by atoms with van der Waals surface area (Å²) in [6.07, 6.45) is 8.32. The first kappa shape index (κ1) is 12.0. The van der Waals surface area contributed by atoms with Crippen molar-refractivity contribution in [2.75, 3.05) is 7.05 Å². The number of rotatable bonds is 3. The first-order chi connectivity index (χ1) is 8.16. The molecule has 1 aromatic heterocycles. The van der Waals surface area contributed by atoms with Crippen LogP contribution < -0.4 is 5.32 Å². The van der Waals surface area contributed by atoms with Crippen molar-refractivity contribution in [1.82, 2.24) is 19.8 Å². The van der Waals surface area contributed by atoms with E-state index in [0.29, 0.717) is 12.6 Å². The van der Waals surface area contributed by atoms with Crippen molar-refractivity contribution < 1.29 is 4.79 Å². The molecule has 5 nitrogen and oxygen atoms in total. The average molecular weight is 236 g/mol. The number of hydrogen-bond acceptors (Lipinski definition) is 2. The third-order valence-electron chi connectivity index (χ3n) is 3.33. The zero-order valence-corrected chi connectivity index (χ0v) is 10.5. The summed E-state index contributed by atoms with van der Waals surface area (Å²) >= 11 is 0. The molecule has 1 aliphatic rings. The molecule has 0 aliphatic heterocycles. The zero-order chi connectivity index (χ0) is 12.3. The number of amides is 2. The predicted octanol–water partition coefficient (Wildman–Crippen LogP) is 1.50. The van der Waals surface area contributed by atoms with Crippen LogP contribution in [0.4, 0.5) is 4.79 Å². The molecule has 2 amide bonds. The number of imidazole rings is 1. The summed E-state index contributed by atoms with van der Waals surface area (Å²) in [6.45, 7) is 0.544. The van der Waals surface area contributed by atoms with E-state index < -0.39 is 0 Å². The third-order valence-corrected chi connectivity index (χ3v) is 3.33. The summed E-state index contributed by atoms with van der Waals surface area (Å²) in [5.74, 6) is 0.897. The molecular formula is C12H20N4O. The maximum absolute atomic E-state index is 11.9. The Bertz CT molecular complexity index is 382. The van der Waals surface area contributed by atoms with E-state index in [1.807, 2.05) is 17.8 Å². The first-order valence-corrected chi connectivity index (χ1v) is 6.14. The van der Waals surface area contributed by atoms with Gasteiger partial charge < -0.3 is 14.8 Å². The van der Waals surface area contributed by atoms with Gasteiger partial charge in [-0.25, -0.2) is 9.78 Å². The van der Waals surface area contributed by atoms with Gasteiger partial charge in [-0.05, 0) is 12.8 Å². The number of aromatic nitrogens is 2. The fraction of sp³-hybridized carbons (Fsp3) is 0.667. The van der Waals surface area contributed by atoms with E-state index in [-0.39, 0.29) is 6.03 Å². The van der Waals surface area contributed by atoms with E-state index >= 15 is 0 Å². The van der Waals surface area contributed by atoms with Crippen LogP contribution in [0.15, 0.2) is 12.4 Å². The molecule has 0 unspecified atom stereocenters. The van der Waals surface area contributed by atoms with Crippen LogP contribution in [0.3, 0.4) is 0 Å². The third kappa shape index (κ3) is 2.99. The molecule has 0 saturated heterocycles. The highest BCUT2D eigenvalue weighted by atomic mass is 16.2. The van der Waals surface area contributed by atoms with Gasteiger partial charge in [-0.3, -0.25) is 0 Å². The standard InChI is InChI=1S/C12H20N4O/c1-15-8-7-13-11(15)9-16(2)12(17)14-10-5-3-4-6-10/h7-8,10H,3-6,9H2,1-2H3,(H,14,17). The number of aryl methyl sites for hydroxylation is 1. The van der Waals surface area contributed by atoms with Gasteiger partial charge in [-0.2, -0.15) is 0 Å². The maximum atomic E-state index is 11.9. The van der Waals surface area contributed by atoms with Crippen molar-refractivity contribution in [3.63, 3.8) is 0 Å². The minimum atomic E-state index is -0.0000926. The van der Waals surface area contributed by atoms with Crippen molar-refractivity contribution in [3.8, 4) is 0 Å². The van der Waals surface area contributed by atoms with Crippen molar-refractivity contribution in [2.45, 2.75) is 38.3 Å². The Labute approximate surface area is 102 Å². The summed E-state index contributed by atoms with van der Waals surface area (Å²) in [6, 6.07) is 0.367. The van der Waals surface area contributed by atoms with Crippen LogP contribution >= 0.6 is 0 Å². The van der Waals surface area contributed by atoms with E-state index in [2.05, 4.69) is 10.3 Å². The number of nitrogens with zero attached hydrogens (tertiary/aromatic N) is 3. The van der Waals surface area contributed by atoms with Crippen molar-refractivity contribution in [3.05, 3.63) is 18.2 Å². The van der Waals surface area contributed by atoms with Crippen molar-refractivity contribution in [1.29, 1.82) is 0 Å². The second-order valence-corrected chi connectivity index (χ2v) is 4.74. The molecule has 1 fully saturated rings. The molecule has 1 aromatic rings. The molecule has 1 aliphatic carbocycles. The Balaban J connectivity index is 1.84. The highest BCUT2D eigenvalue weighted by molar-refractivity contribution is 5.74. The van der Waals surface area contributed by atoms with E-state index in [4.69, 9.17) is 0 Å². The van der Waals surface area contributed by atoms with Gasteiger partial charge in [0.1, 0.15) is 5.82 Å². The number of urea groups is 1. The molecule has 1 N–H and O–H groups in total. The van der Waals surface area contributed by atoms with Gasteiger partial charge in [-0.1, -0.05) is 12.8 Å². The summed E-state index contributed by atoms with van der Waals surface area (Å²) in [5, 5.41) is 3.06. The lowest BCUT2D eigenvalue weighted by atomic mass is 10.2. The molecule has 0 spiro atoms. The van der Waals surface area contributed by atoms with Gasteiger partial charge in [0, 0.05) is 32.5 Å². The van der Waals surface area contributed by atoms with Gasteiger partial charge in [0.05, 0.1) is 6.54 Å². The topological polar surface area (TPSA) is 50.2 Å². The normalized spacial score (nSPS) is 16.1. The molecule has 5 heteroatoms. The summed E-state index contributed by atoms with van der Waals surface area (Å²) < 4.78 is 1.93. The Morgan fingerprint density at radius 2 is 2.29 bits per heavy atom. The molecule has 94 valence electrons. The predicted molar refractivity (Wildman–Crippen MR) is 65.5 cm³/mol. The second-order valence-electron chi connectivity index (χ2n) is 4.74. The first-order valence-electron chi connectivity index (χ1n) is 6.14. The molecule has 0 aromatic carbocycles. The summed E-state index contributed by atoms with van der Waals surface area (Å²) in [7, 11) is 3.74. The monoisotopic (exact) mass is 236 g/mol. The van der Waals surface area contributed by atoms with Crippen LogP contribution in [0, 0.1) is 0 Å². The Hall–Kier alpha value is -1.52. The number of carbonyl (C=O) groups excluding carboxylic acids is 1. The Kier molecular flexibility index (Phi) is 3.66. The molecule has 17 heavy (non-hydrogen) atoms. The van der Waals surface area contributed by atoms with E-state index in [1.165, 1.54) is 12.8 Å². The molecule has 1 heterocycles. The molecule has 0 radical (unpaired) electrons.